The van der Waals surface area contributed by atoms with E-state index < -0.39 is 0 Å². The van der Waals surface area contributed by atoms with Gasteiger partial charge in [0.15, 0.2) is 5.84 Å². The van der Waals surface area contributed by atoms with Crippen LogP contribution in [0.15, 0.2) is 64.8 Å². The van der Waals surface area contributed by atoms with Crippen molar-refractivity contribution >= 4 is 23.1 Å². The number of hydrogen-bond acceptors (Lipinski definition) is 3. The quantitative estimate of drug-likeness (QED) is 0.516. The van der Waals surface area contributed by atoms with E-state index in [0.29, 0.717) is 10.6 Å². The molecule has 0 fully saturated rings. The van der Waals surface area contributed by atoms with Crippen molar-refractivity contribution in [2.24, 2.45) is 10.2 Å². The van der Waals surface area contributed by atoms with Crippen LogP contribution >= 0.6 is 11.6 Å². The summed E-state index contributed by atoms with van der Waals surface area (Å²) in [6.45, 7) is 1.86. The second-order valence-corrected chi connectivity index (χ2v) is 4.56. The van der Waals surface area contributed by atoms with Crippen molar-refractivity contribution in [2.45, 2.75) is 6.92 Å². The third-order valence-corrected chi connectivity index (χ3v) is 2.97. The normalized spacial score (nSPS) is 12.3. The highest BCUT2D eigenvalue weighted by molar-refractivity contribution is 6.30. The number of benzene rings is 2. The first-order valence-electron chi connectivity index (χ1n) is 6.04. The van der Waals surface area contributed by atoms with Crippen LogP contribution in [0.25, 0.3) is 0 Å². The Hall–Kier alpha value is -2.17. The van der Waals surface area contributed by atoms with E-state index in [9.17, 15) is 0 Å². The standard InChI is InChI=1S/C15H14ClN3O/c1-11(12-5-3-2-4-6-12)17-18-15(19-20)13-7-9-14(16)10-8-13/h2-10,20H,1H3,(H,18,19)/b17-11+. The van der Waals surface area contributed by atoms with Crippen molar-refractivity contribution in [3.8, 4) is 0 Å². The Kier molecular flexibility index (Phi) is 4.87. The van der Waals surface area contributed by atoms with Gasteiger partial charge in [0, 0.05) is 10.6 Å². The van der Waals surface area contributed by atoms with Gasteiger partial charge in [0.25, 0.3) is 0 Å². The van der Waals surface area contributed by atoms with Gasteiger partial charge in [-0.15, -0.1) is 5.10 Å². The highest BCUT2D eigenvalue weighted by Crippen LogP contribution is 2.10. The molecule has 0 saturated heterocycles. The van der Waals surface area contributed by atoms with E-state index in [0.717, 1.165) is 11.3 Å². The summed E-state index contributed by atoms with van der Waals surface area (Å²) in [6, 6.07) is 16.6. The van der Waals surface area contributed by atoms with Crippen LogP contribution in [-0.2, 0) is 0 Å². The van der Waals surface area contributed by atoms with Gasteiger partial charge in [0.2, 0.25) is 0 Å². The molecule has 2 aromatic rings. The van der Waals surface area contributed by atoms with Gasteiger partial charge in [-0.1, -0.05) is 41.9 Å². The first-order valence-corrected chi connectivity index (χ1v) is 6.42. The van der Waals surface area contributed by atoms with E-state index in [4.69, 9.17) is 16.8 Å². The van der Waals surface area contributed by atoms with Crippen molar-refractivity contribution in [2.75, 3.05) is 0 Å². The van der Waals surface area contributed by atoms with Crippen molar-refractivity contribution in [3.63, 3.8) is 0 Å². The number of halogens is 1. The summed E-state index contributed by atoms with van der Waals surface area (Å²) in [5.41, 5.74) is 4.47. The predicted octanol–water partition coefficient (Wildman–Crippen LogP) is 3.49. The molecule has 0 bridgehead atoms. The number of nitrogens with one attached hydrogen (secondary N) is 1. The van der Waals surface area contributed by atoms with Gasteiger partial charge in [0.05, 0.1) is 5.71 Å². The van der Waals surface area contributed by atoms with Gasteiger partial charge < -0.3 is 0 Å². The molecule has 2 N–H and O–H groups in total. The molecule has 0 radical (unpaired) electrons. The zero-order chi connectivity index (χ0) is 14.4. The molecule has 0 saturated carbocycles. The number of amidine groups is 1. The van der Waals surface area contributed by atoms with Crippen LogP contribution in [0.5, 0.6) is 0 Å². The van der Waals surface area contributed by atoms with Gasteiger partial charge in [-0.3, -0.25) is 10.7 Å². The third-order valence-electron chi connectivity index (χ3n) is 2.72. The maximum Gasteiger partial charge on any atom is 0.179 e. The molecule has 20 heavy (non-hydrogen) atoms. The molecule has 4 nitrogen and oxygen atoms in total. The fourth-order valence-electron chi connectivity index (χ4n) is 1.61. The molecule has 0 spiro atoms. The van der Waals surface area contributed by atoms with Gasteiger partial charge in [-0.25, -0.2) is 0 Å². The third kappa shape index (κ3) is 3.66. The summed E-state index contributed by atoms with van der Waals surface area (Å²) in [6.07, 6.45) is 0. The van der Waals surface area contributed by atoms with Gasteiger partial charge >= 0.3 is 0 Å². The molecule has 0 atom stereocenters. The number of hydroxylamine groups is 1. The Balaban J connectivity index is 2.25. The number of rotatable bonds is 3. The predicted molar refractivity (Wildman–Crippen MR) is 81.6 cm³/mol. The molecule has 5 heteroatoms. The van der Waals surface area contributed by atoms with Crippen LogP contribution < -0.4 is 5.48 Å². The molecule has 2 aromatic carbocycles. The van der Waals surface area contributed by atoms with E-state index in [1.165, 1.54) is 0 Å². The molecular weight excluding hydrogens is 274 g/mol. The lowest BCUT2D eigenvalue weighted by atomic mass is 10.1. The fraction of sp³-hybridized carbons (Fsp3) is 0.0667. The van der Waals surface area contributed by atoms with E-state index in [1.807, 2.05) is 42.7 Å². The zero-order valence-electron chi connectivity index (χ0n) is 10.9. The maximum absolute atomic E-state index is 9.15. The van der Waals surface area contributed by atoms with Crippen LogP contribution in [0.3, 0.4) is 0 Å². The minimum absolute atomic E-state index is 0.261. The summed E-state index contributed by atoms with van der Waals surface area (Å²) in [5, 5.41) is 17.9. The Labute approximate surface area is 122 Å². The lowest BCUT2D eigenvalue weighted by Crippen LogP contribution is -2.19. The maximum atomic E-state index is 9.15. The molecule has 0 aromatic heterocycles. The second-order valence-electron chi connectivity index (χ2n) is 4.12. The molecule has 0 aliphatic carbocycles. The van der Waals surface area contributed by atoms with Crippen LogP contribution in [0.1, 0.15) is 18.1 Å². The average molecular weight is 288 g/mol. The summed E-state index contributed by atoms with van der Waals surface area (Å²) in [7, 11) is 0. The highest BCUT2D eigenvalue weighted by atomic mass is 35.5. The summed E-state index contributed by atoms with van der Waals surface area (Å²) >= 11 is 5.82. The highest BCUT2D eigenvalue weighted by Gasteiger charge is 2.02. The molecule has 0 unspecified atom stereocenters. The Morgan fingerprint density at radius 2 is 1.60 bits per heavy atom. The Bertz CT molecular complexity index is 621. The van der Waals surface area contributed by atoms with E-state index in [1.54, 1.807) is 24.3 Å². The molecule has 0 amide bonds. The zero-order valence-corrected chi connectivity index (χ0v) is 11.7. The van der Waals surface area contributed by atoms with E-state index in [2.05, 4.69) is 10.2 Å². The minimum Gasteiger partial charge on any atom is -0.290 e. The van der Waals surface area contributed by atoms with Crippen LogP contribution in [-0.4, -0.2) is 16.8 Å². The van der Waals surface area contributed by atoms with Gasteiger partial charge in [-0.05, 0) is 36.8 Å². The Morgan fingerprint density at radius 3 is 2.20 bits per heavy atom. The Morgan fingerprint density at radius 1 is 0.950 bits per heavy atom. The molecule has 0 heterocycles. The number of nitrogens with zero attached hydrogens (tertiary/aromatic N) is 2. The van der Waals surface area contributed by atoms with Crippen LogP contribution in [0, 0.1) is 0 Å². The molecular formula is C15H14ClN3O. The second kappa shape index (κ2) is 6.84. The summed E-state index contributed by atoms with van der Waals surface area (Å²) < 4.78 is 0. The van der Waals surface area contributed by atoms with Crippen molar-refractivity contribution < 1.29 is 5.21 Å². The van der Waals surface area contributed by atoms with Crippen molar-refractivity contribution in [1.82, 2.24) is 5.48 Å². The molecule has 0 aliphatic rings. The molecule has 0 aliphatic heterocycles. The monoisotopic (exact) mass is 287 g/mol. The first kappa shape index (κ1) is 14.2. The van der Waals surface area contributed by atoms with E-state index >= 15 is 0 Å². The smallest absolute Gasteiger partial charge is 0.179 e. The van der Waals surface area contributed by atoms with Gasteiger partial charge in [0.1, 0.15) is 0 Å². The number of hydrogen-bond donors (Lipinski definition) is 2. The topological polar surface area (TPSA) is 57.0 Å². The first-order chi connectivity index (χ1) is 9.70. The minimum atomic E-state index is 0.261. The van der Waals surface area contributed by atoms with Gasteiger partial charge in [-0.2, -0.15) is 5.10 Å². The molecule has 2 rings (SSSR count). The van der Waals surface area contributed by atoms with Crippen LogP contribution in [0.4, 0.5) is 0 Å². The summed E-state index contributed by atoms with van der Waals surface area (Å²) in [4.78, 5) is 0. The van der Waals surface area contributed by atoms with E-state index in [-0.39, 0.29) is 5.84 Å². The van der Waals surface area contributed by atoms with Crippen molar-refractivity contribution in [1.29, 1.82) is 0 Å². The lowest BCUT2D eigenvalue weighted by molar-refractivity contribution is 0.234. The SMILES string of the molecule is C/C(=N\N=C(\NO)c1ccc(Cl)cc1)c1ccccc1. The molecule has 102 valence electrons. The largest absolute Gasteiger partial charge is 0.290 e. The fourth-order valence-corrected chi connectivity index (χ4v) is 1.74. The summed E-state index contributed by atoms with van der Waals surface area (Å²) in [5.74, 6) is 0.261. The average Bonchev–Trinajstić information content (AvgIpc) is 2.50. The van der Waals surface area contributed by atoms with Crippen molar-refractivity contribution in [3.05, 3.63) is 70.7 Å². The van der Waals surface area contributed by atoms with Crippen LogP contribution in [0.2, 0.25) is 5.02 Å². The lowest BCUT2D eigenvalue weighted by Gasteiger charge is -2.03.